The molecule has 6 nitrogen and oxygen atoms in total. The molecule has 1 aliphatic rings. The van der Waals surface area contributed by atoms with Gasteiger partial charge in [0.05, 0.1) is 5.75 Å². The van der Waals surface area contributed by atoms with E-state index in [1.54, 1.807) is 0 Å². The number of hydrogen-bond acceptors (Lipinski definition) is 5. The van der Waals surface area contributed by atoms with Gasteiger partial charge < -0.3 is 15.6 Å². The third-order valence-electron chi connectivity index (χ3n) is 4.50. The van der Waals surface area contributed by atoms with Crippen LogP contribution in [0.15, 0.2) is 29.4 Å². The lowest BCUT2D eigenvalue weighted by Gasteiger charge is -2.22. The van der Waals surface area contributed by atoms with Crippen LogP contribution in [0.3, 0.4) is 0 Å². The second kappa shape index (κ2) is 8.38. The van der Waals surface area contributed by atoms with Gasteiger partial charge >= 0.3 is 0 Å². The molecule has 1 aliphatic carbocycles. The van der Waals surface area contributed by atoms with Crippen LogP contribution in [0.1, 0.15) is 39.0 Å². The van der Waals surface area contributed by atoms with Gasteiger partial charge in [0.25, 0.3) is 0 Å². The third kappa shape index (κ3) is 4.54. The second-order valence-electron chi connectivity index (χ2n) is 6.36. The van der Waals surface area contributed by atoms with E-state index in [2.05, 4.69) is 22.4 Å². The van der Waals surface area contributed by atoms with Crippen molar-refractivity contribution >= 4 is 23.4 Å². The molecular weight excluding hydrogens is 334 g/mol. The zero-order valence-electron chi connectivity index (χ0n) is 14.6. The number of carbonyl (C=O) groups excluding carboxylic acids is 1. The third-order valence-corrected chi connectivity index (χ3v) is 5.47. The first-order valence-corrected chi connectivity index (χ1v) is 9.87. The fraction of sp³-hybridized carbons (Fsp3) is 0.500. The van der Waals surface area contributed by atoms with Crippen LogP contribution in [0.4, 0.5) is 5.69 Å². The highest BCUT2D eigenvalue weighted by Crippen LogP contribution is 2.25. The van der Waals surface area contributed by atoms with E-state index >= 15 is 0 Å². The molecule has 1 fully saturated rings. The van der Waals surface area contributed by atoms with Gasteiger partial charge in [0.1, 0.15) is 0 Å². The molecule has 25 heavy (non-hydrogen) atoms. The number of nitrogens with two attached hydrogens (primary N) is 1. The van der Waals surface area contributed by atoms with Crippen molar-refractivity contribution in [3.05, 3.63) is 24.3 Å². The number of nitrogens with zero attached hydrogens (tertiary/aromatic N) is 3. The minimum atomic E-state index is 0.0802. The van der Waals surface area contributed by atoms with E-state index in [0.717, 1.165) is 41.6 Å². The summed E-state index contributed by atoms with van der Waals surface area (Å²) in [5.41, 5.74) is 7.44. The topological polar surface area (TPSA) is 85.8 Å². The summed E-state index contributed by atoms with van der Waals surface area (Å²) in [5.74, 6) is 1.25. The maximum absolute atomic E-state index is 12.2. The van der Waals surface area contributed by atoms with Crippen molar-refractivity contribution in [2.75, 3.05) is 11.5 Å². The molecule has 3 rings (SSSR count). The van der Waals surface area contributed by atoms with Crippen LogP contribution < -0.4 is 11.1 Å². The normalized spacial score (nSPS) is 15.2. The van der Waals surface area contributed by atoms with Gasteiger partial charge in [-0.05, 0) is 44.0 Å². The van der Waals surface area contributed by atoms with Gasteiger partial charge in [-0.15, -0.1) is 10.2 Å². The van der Waals surface area contributed by atoms with Crippen LogP contribution >= 0.6 is 11.8 Å². The highest BCUT2D eigenvalue weighted by atomic mass is 32.2. The second-order valence-corrected chi connectivity index (χ2v) is 7.31. The van der Waals surface area contributed by atoms with Gasteiger partial charge in [0.2, 0.25) is 5.91 Å². The molecule has 134 valence electrons. The van der Waals surface area contributed by atoms with Crippen molar-refractivity contribution < 1.29 is 4.79 Å². The molecule has 1 aromatic heterocycles. The Balaban J connectivity index is 1.62. The summed E-state index contributed by atoms with van der Waals surface area (Å²) in [4.78, 5) is 12.2. The molecule has 2 aromatic rings. The van der Waals surface area contributed by atoms with Gasteiger partial charge in [-0.2, -0.15) is 0 Å². The fourth-order valence-electron chi connectivity index (χ4n) is 3.17. The molecule has 0 spiro atoms. The average Bonchev–Trinajstić information content (AvgIpc) is 3.04. The summed E-state index contributed by atoms with van der Waals surface area (Å²) < 4.78 is 2.03. The molecule has 0 aliphatic heterocycles. The number of nitrogens with one attached hydrogen (secondary N) is 1. The first kappa shape index (κ1) is 17.8. The van der Waals surface area contributed by atoms with E-state index in [-0.39, 0.29) is 5.91 Å². The maximum atomic E-state index is 12.2. The minimum Gasteiger partial charge on any atom is -0.399 e. The average molecular weight is 359 g/mol. The van der Waals surface area contributed by atoms with Crippen molar-refractivity contribution in [2.45, 2.75) is 56.8 Å². The first-order valence-electron chi connectivity index (χ1n) is 8.88. The number of benzene rings is 1. The Morgan fingerprint density at radius 2 is 1.96 bits per heavy atom. The van der Waals surface area contributed by atoms with Crippen LogP contribution in [-0.2, 0) is 11.3 Å². The zero-order chi connectivity index (χ0) is 17.6. The van der Waals surface area contributed by atoms with Crippen LogP contribution in [0.2, 0.25) is 0 Å². The first-order chi connectivity index (χ1) is 12.2. The van der Waals surface area contributed by atoms with Crippen LogP contribution in [0, 0.1) is 0 Å². The zero-order valence-corrected chi connectivity index (χ0v) is 15.4. The lowest BCUT2D eigenvalue weighted by molar-refractivity contribution is -0.119. The predicted molar refractivity (Wildman–Crippen MR) is 101 cm³/mol. The van der Waals surface area contributed by atoms with Crippen molar-refractivity contribution in [1.82, 2.24) is 20.1 Å². The molecule has 1 aromatic carbocycles. The Hall–Kier alpha value is -2.02. The maximum Gasteiger partial charge on any atom is 0.230 e. The number of amides is 1. The van der Waals surface area contributed by atoms with Crippen molar-refractivity contribution in [3.63, 3.8) is 0 Å². The van der Waals surface area contributed by atoms with Crippen molar-refractivity contribution in [1.29, 1.82) is 0 Å². The molecule has 0 saturated heterocycles. The number of carbonyl (C=O) groups is 1. The van der Waals surface area contributed by atoms with E-state index in [1.807, 2.05) is 28.8 Å². The number of aromatic nitrogens is 3. The number of rotatable bonds is 6. The Bertz CT molecular complexity index is 707. The van der Waals surface area contributed by atoms with Gasteiger partial charge in [0, 0.05) is 23.8 Å². The SMILES string of the molecule is CCn1c(SCC(=O)NC2CCCCC2)nnc1-c1ccc(N)cc1. The molecule has 0 atom stereocenters. The minimum absolute atomic E-state index is 0.0802. The van der Waals surface area contributed by atoms with E-state index in [4.69, 9.17) is 5.73 Å². The van der Waals surface area contributed by atoms with Crippen LogP contribution in [-0.4, -0.2) is 32.5 Å². The van der Waals surface area contributed by atoms with Crippen LogP contribution in [0.25, 0.3) is 11.4 Å². The smallest absolute Gasteiger partial charge is 0.230 e. The molecule has 0 unspecified atom stereocenters. The van der Waals surface area contributed by atoms with Gasteiger partial charge in [-0.1, -0.05) is 31.0 Å². The van der Waals surface area contributed by atoms with E-state index in [9.17, 15) is 4.79 Å². The fourth-order valence-corrected chi connectivity index (χ4v) is 3.99. The predicted octanol–water partition coefficient (Wildman–Crippen LogP) is 3.09. The van der Waals surface area contributed by atoms with Gasteiger partial charge in [-0.3, -0.25) is 4.79 Å². The number of anilines is 1. The summed E-state index contributed by atoms with van der Waals surface area (Å²) in [7, 11) is 0. The molecule has 1 saturated carbocycles. The summed E-state index contributed by atoms with van der Waals surface area (Å²) in [5, 5.41) is 12.5. The summed E-state index contributed by atoms with van der Waals surface area (Å²) in [6.45, 7) is 2.80. The Morgan fingerprint density at radius 3 is 2.64 bits per heavy atom. The molecule has 1 heterocycles. The Labute approximate surface area is 152 Å². The van der Waals surface area contributed by atoms with E-state index < -0.39 is 0 Å². The Kier molecular flexibility index (Phi) is 5.96. The van der Waals surface area contributed by atoms with Gasteiger partial charge in [-0.25, -0.2) is 0 Å². The number of thioether (sulfide) groups is 1. The highest BCUT2D eigenvalue weighted by molar-refractivity contribution is 7.99. The van der Waals surface area contributed by atoms with E-state index in [0.29, 0.717) is 11.8 Å². The quantitative estimate of drug-likeness (QED) is 0.611. The molecule has 7 heteroatoms. The molecular formula is C18H25N5OS. The number of hydrogen-bond donors (Lipinski definition) is 2. The summed E-state index contributed by atoms with van der Waals surface area (Å²) in [6, 6.07) is 7.94. The standard InChI is InChI=1S/C18H25N5OS/c1-2-23-17(13-8-10-14(19)11-9-13)21-22-18(23)25-12-16(24)20-15-6-4-3-5-7-15/h8-11,15H,2-7,12,19H2,1H3,(H,20,24). The lowest BCUT2D eigenvalue weighted by Crippen LogP contribution is -2.37. The molecule has 3 N–H and O–H groups in total. The van der Waals surface area contributed by atoms with Crippen molar-refractivity contribution in [2.24, 2.45) is 0 Å². The molecule has 1 amide bonds. The van der Waals surface area contributed by atoms with Crippen molar-refractivity contribution in [3.8, 4) is 11.4 Å². The van der Waals surface area contributed by atoms with Crippen LogP contribution in [0.5, 0.6) is 0 Å². The summed E-state index contributed by atoms with van der Waals surface area (Å²) in [6.07, 6.45) is 5.92. The summed E-state index contributed by atoms with van der Waals surface area (Å²) >= 11 is 1.44. The highest BCUT2D eigenvalue weighted by Gasteiger charge is 2.18. The molecule has 0 bridgehead atoms. The van der Waals surface area contributed by atoms with E-state index in [1.165, 1.54) is 31.0 Å². The Morgan fingerprint density at radius 1 is 1.24 bits per heavy atom. The lowest BCUT2D eigenvalue weighted by atomic mass is 9.95. The monoisotopic (exact) mass is 359 g/mol. The molecule has 0 radical (unpaired) electrons. The van der Waals surface area contributed by atoms with Gasteiger partial charge in [0.15, 0.2) is 11.0 Å². The largest absolute Gasteiger partial charge is 0.399 e. The number of nitrogen functional groups attached to an aromatic ring is 1.